The third kappa shape index (κ3) is 3.77. The summed E-state index contributed by atoms with van der Waals surface area (Å²) in [6.45, 7) is 1.89. The molecule has 2 aromatic carbocycles. The van der Waals surface area contributed by atoms with Crippen LogP contribution in [0.2, 0.25) is 0 Å². The molecule has 0 saturated heterocycles. The first-order valence-electron chi connectivity index (χ1n) is 8.41. The summed E-state index contributed by atoms with van der Waals surface area (Å²) in [6.07, 6.45) is 0.525. The van der Waals surface area contributed by atoms with Gasteiger partial charge in [-0.25, -0.2) is 4.79 Å². The lowest BCUT2D eigenvalue weighted by atomic mass is 9.87. The molecule has 1 heterocycles. The number of nitro benzene ring substituents is 2. The van der Waals surface area contributed by atoms with Crippen molar-refractivity contribution in [3.8, 4) is 0 Å². The minimum atomic E-state index is -1.14. The van der Waals surface area contributed by atoms with Crippen molar-refractivity contribution >= 4 is 45.6 Å². The average Bonchev–Trinajstić information content (AvgIpc) is 3.02. The monoisotopic (exact) mass is 497 g/mol. The van der Waals surface area contributed by atoms with Crippen LogP contribution in [0.1, 0.15) is 18.1 Å². The molecule has 28 heavy (non-hydrogen) atoms. The first-order valence-corrected chi connectivity index (χ1v) is 9.49. The van der Waals surface area contributed by atoms with Gasteiger partial charge in [-0.15, -0.1) is 0 Å². The second-order valence-corrected chi connectivity index (χ2v) is 7.57. The van der Waals surface area contributed by atoms with E-state index in [9.17, 15) is 25.0 Å². The molecule has 0 fully saturated rings. The summed E-state index contributed by atoms with van der Waals surface area (Å²) in [6, 6.07) is 8.88. The standard InChI is InChI=1S/C18H16IN3O6/c1-2-28-17(23)18(9-11-3-5-13(21(24)25)7-15(11)19)10-12-4-6-14(22(26)27)8-16(12)20-18/h3-8,20H,2,9-10H2,1H3/t18-/m1/s1. The second-order valence-electron chi connectivity index (χ2n) is 6.41. The normalized spacial score (nSPS) is 17.5. The molecule has 1 atom stereocenters. The molecule has 0 bridgehead atoms. The van der Waals surface area contributed by atoms with Crippen molar-refractivity contribution in [3.05, 3.63) is 71.3 Å². The van der Waals surface area contributed by atoms with Crippen molar-refractivity contribution < 1.29 is 19.4 Å². The van der Waals surface area contributed by atoms with Crippen molar-refractivity contribution in [1.29, 1.82) is 0 Å². The predicted octanol–water partition coefficient (Wildman–Crippen LogP) is 3.62. The number of hydrogen-bond acceptors (Lipinski definition) is 7. The number of esters is 1. The fraction of sp³-hybridized carbons (Fsp3) is 0.278. The minimum Gasteiger partial charge on any atom is -0.464 e. The van der Waals surface area contributed by atoms with Gasteiger partial charge in [-0.05, 0) is 40.6 Å². The zero-order chi connectivity index (χ0) is 20.5. The fourth-order valence-electron chi connectivity index (χ4n) is 3.27. The van der Waals surface area contributed by atoms with Gasteiger partial charge in [0.1, 0.15) is 5.54 Å². The van der Waals surface area contributed by atoms with Gasteiger partial charge in [0.25, 0.3) is 11.4 Å². The van der Waals surface area contributed by atoms with Crippen molar-refractivity contribution in [2.24, 2.45) is 0 Å². The molecule has 146 valence electrons. The number of hydrogen-bond donors (Lipinski definition) is 1. The second kappa shape index (κ2) is 7.70. The largest absolute Gasteiger partial charge is 0.464 e. The van der Waals surface area contributed by atoms with Gasteiger partial charge >= 0.3 is 5.97 Å². The fourth-order valence-corrected chi connectivity index (χ4v) is 3.95. The van der Waals surface area contributed by atoms with Crippen LogP contribution in [-0.2, 0) is 22.4 Å². The van der Waals surface area contributed by atoms with Crippen molar-refractivity contribution in [2.75, 3.05) is 11.9 Å². The molecule has 10 heteroatoms. The van der Waals surface area contributed by atoms with Gasteiger partial charge in [-0.1, -0.05) is 12.1 Å². The van der Waals surface area contributed by atoms with E-state index in [0.717, 1.165) is 11.1 Å². The number of ether oxygens (including phenoxy) is 1. The quantitative estimate of drug-likeness (QED) is 0.280. The summed E-state index contributed by atoms with van der Waals surface area (Å²) < 4.78 is 5.92. The van der Waals surface area contributed by atoms with Crippen LogP contribution in [0.25, 0.3) is 0 Å². The summed E-state index contributed by atoms with van der Waals surface area (Å²) in [4.78, 5) is 33.9. The zero-order valence-corrected chi connectivity index (χ0v) is 17.0. The van der Waals surface area contributed by atoms with Crippen LogP contribution in [0.4, 0.5) is 17.1 Å². The van der Waals surface area contributed by atoms with Gasteiger partial charge in [0.15, 0.2) is 0 Å². The van der Waals surface area contributed by atoms with E-state index in [1.54, 1.807) is 19.1 Å². The number of rotatable bonds is 6. The van der Waals surface area contributed by atoms with Crippen LogP contribution < -0.4 is 5.32 Å². The number of anilines is 1. The van der Waals surface area contributed by atoms with Gasteiger partial charge in [0.2, 0.25) is 0 Å². The van der Waals surface area contributed by atoms with Crippen LogP contribution in [0.5, 0.6) is 0 Å². The maximum atomic E-state index is 12.8. The summed E-state index contributed by atoms with van der Waals surface area (Å²) in [5.74, 6) is -0.469. The molecular weight excluding hydrogens is 481 g/mol. The smallest absolute Gasteiger partial charge is 0.332 e. The van der Waals surface area contributed by atoms with Crippen LogP contribution >= 0.6 is 22.6 Å². The molecular formula is C18H16IN3O6. The summed E-state index contributed by atoms with van der Waals surface area (Å²) in [5, 5.41) is 25.1. The highest BCUT2D eigenvalue weighted by atomic mass is 127. The number of carbonyl (C=O) groups excluding carboxylic acids is 1. The number of non-ortho nitro benzene ring substituents is 2. The molecule has 1 aliphatic rings. The Labute approximate surface area is 173 Å². The van der Waals surface area contributed by atoms with Crippen LogP contribution in [0.3, 0.4) is 0 Å². The van der Waals surface area contributed by atoms with E-state index in [4.69, 9.17) is 4.74 Å². The van der Waals surface area contributed by atoms with Gasteiger partial charge in [-0.3, -0.25) is 20.2 Å². The molecule has 0 aliphatic carbocycles. The number of benzene rings is 2. The van der Waals surface area contributed by atoms with E-state index in [1.165, 1.54) is 24.3 Å². The number of carbonyl (C=O) groups is 1. The molecule has 0 amide bonds. The lowest BCUT2D eigenvalue weighted by Crippen LogP contribution is -2.48. The van der Waals surface area contributed by atoms with Crippen molar-refractivity contribution in [1.82, 2.24) is 0 Å². The Morgan fingerprint density at radius 1 is 1.18 bits per heavy atom. The number of nitrogens with zero attached hydrogens (tertiary/aromatic N) is 2. The van der Waals surface area contributed by atoms with Crippen LogP contribution in [-0.4, -0.2) is 28.0 Å². The van der Waals surface area contributed by atoms with E-state index in [-0.39, 0.29) is 24.4 Å². The Kier molecular flexibility index (Phi) is 5.49. The molecule has 0 aromatic heterocycles. The van der Waals surface area contributed by atoms with E-state index in [2.05, 4.69) is 5.32 Å². The van der Waals surface area contributed by atoms with Crippen molar-refractivity contribution in [2.45, 2.75) is 25.3 Å². The Bertz CT molecular complexity index is 980. The first-order chi connectivity index (χ1) is 13.3. The SMILES string of the molecule is CCOC(=O)[C@@]1(Cc2ccc([N+](=O)[O-])cc2I)Cc2ccc([N+](=O)[O-])cc2N1. The molecule has 2 aromatic rings. The zero-order valence-electron chi connectivity index (χ0n) is 14.8. The van der Waals surface area contributed by atoms with Gasteiger partial charge < -0.3 is 10.1 Å². The summed E-state index contributed by atoms with van der Waals surface area (Å²) in [5.41, 5.74) is 0.792. The molecule has 3 rings (SSSR count). The molecule has 0 unspecified atom stereocenters. The number of nitrogens with one attached hydrogen (secondary N) is 1. The minimum absolute atomic E-state index is 0.0309. The summed E-state index contributed by atoms with van der Waals surface area (Å²) >= 11 is 2.00. The van der Waals surface area contributed by atoms with E-state index in [0.29, 0.717) is 15.7 Å². The number of halogens is 1. The molecule has 0 saturated carbocycles. The molecule has 0 spiro atoms. The third-order valence-corrected chi connectivity index (χ3v) is 5.58. The van der Waals surface area contributed by atoms with Gasteiger partial charge in [-0.2, -0.15) is 0 Å². The Hall–Kier alpha value is -2.76. The maximum Gasteiger partial charge on any atom is 0.332 e. The molecule has 9 nitrogen and oxygen atoms in total. The maximum absolute atomic E-state index is 12.8. The number of fused-ring (bicyclic) bond motifs is 1. The molecule has 1 aliphatic heterocycles. The Balaban J connectivity index is 1.98. The van der Waals surface area contributed by atoms with E-state index in [1.807, 2.05) is 22.6 Å². The van der Waals surface area contributed by atoms with Crippen molar-refractivity contribution in [3.63, 3.8) is 0 Å². The lowest BCUT2D eigenvalue weighted by molar-refractivity contribution is -0.385. The average molecular weight is 497 g/mol. The Morgan fingerprint density at radius 2 is 1.82 bits per heavy atom. The van der Waals surface area contributed by atoms with E-state index < -0.39 is 21.4 Å². The van der Waals surface area contributed by atoms with E-state index >= 15 is 0 Å². The highest BCUT2D eigenvalue weighted by Crippen LogP contribution is 2.38. The summed E-state index contributed by atoms with van der Waals surface area (Å²) in [7, 11) is 0. The topological polar surface area (TPSA) is 125 Å². The first kappa shape index (κ1) is 20.0. The van der Waals surface area contributed by atoms with Gasteiger partial charge in [0, 0.05) is 46.4 Å². The lowest BCUT2D eigenvalue weighted by Gasteiger charge is -2.28. The predicted molar refractivity (Wildman–Crippen MR) is 109 cm³/mol. The number of nitro groups is 2. The third-order valence-electron chi connectivity index (χ3n) is 4.58. The van der Waals surface area contributed by atoms with Crippen LogP contribution in [0, 0.1) is 23.8 Å². The highest BCUT2D eigenvalue weighted by molar-refractivity contribution is 14.1. The van der Waals surface area contributed by atoms with Gasteiger partial charge in [0.05, 0.1) is 16.5 Å². The molecule has 1 N–H and O–H groups in total. The highest BCUT2D eigenvalue weighted by Gasteiger charge is 2.46. The van der Waals surface area contributed by atoms with Crippen LogP contribution in [0.15, 0.2) is 36.4 Å². The Morgan fingerprint density at radius 3 is 2.43 bits per heavy atom. The molecule has 0 radical (unpaired) electrons.